The molecule has 1 N–H and O–H groups in total. The van der Waals surface area contributed by atoms with Crippen LogP contribution < -0.4 is 4.90 Å². The van der Waals surface area contributed by atoms with Crippen LogP contribution in [0.25, 0.3) is 0 Å². The number of fused-ring (bicyclic) bond motifs is 1. The van der Waals surface area contributed by atoms with E-state index in [0.29, 0.717) is 5.92 Å². The Balaban J connectivity index is 2.29. The van der Waals surface area contributed by atoms with Crippen molar-refractivity contribution >= 4 is 11.7 Å². The van der Waals surface area contributed by atoms with E-state index in [2.05, 4.69) is 13.0 Å². The molecule has 3 heteroatoms. The highest BCUT2D eigenvalue weighted by Gasteiger charge is 2.25. The molecule has 0 bridgehead atoms. The lowest BCUT2D eigenvalue weighted by molar-refractivity contribution is -0.135. The van der Waals surface area contributed by atoms with Crippen LogP contribution in [-0.2, 0) is 4.79 Å². The molecule has 0 aromatic heterocycles. The van der Waals surface area contributed by atoms with Crippen molar-refractivity contribution in [2.45, 2.75) is 12.8 Å². The van der Waals surface area contributed by atoms with E-state index in [1.807, 2.05) is 23.1 Å². The van der Waals surface area contributed by atoms with Crippen LogP contribution in [0.2, 0.25) is 0 Å². The summed E-state index contributed by atoms with van der Waals surface area (Å²) in [5, 5.41) is 8.74. The molecule has 1 aromatic carbocycles. The molecule has 74 valence electrons. The summed E-state index contributed by atoms with van der Waals surface area (Å²) in [6.07, 6.45) is 0. The predicted octanol–water partition coefficient (Wildman–Crippen LogP) is 1.69. The van der Waals surface area contributed by atoms with Crippen LogP contribution in [0.5, 0.6) is 0 Å². The van der Waals surface area contributed by atoms with Gasteiger partial charge in [0, 0.05) is 18.2 Å². The third-order valence-corrected chi connectivity index (χ3v) is 2.63. The topological polar surface area (TPSA) is 40.5 Å². The first-order valence-corrected chi connectivity index (χ1v) is 4.74. The van der Waals surface area contributed by atoms with Gasteiger partial charge in [0.25, 0.3) is 0 Å². The fraction of sp³-hybridized carbons (Fsp3) is 0.364. The van der Waals surface area contributed by atoms with Crippen molar-refractivity contribution < 1.29 is 9.90 Å². The number of carboxylic acids is 1. The largest absolute Gasteiger partial charge is 0.480 e. The molecule has 0 saturated heterocycles. The van der Waals surface area contributed by atoms with Gasteiger partial charge in [0.2, 0.25) is 0 Å². The van der Waals surface area contributed by atoms with Gasteiger partial charge in [0.05, 0.1) is 0 Å². The number of hydrogen-bond donors (Lipinski definition) is 1. The molecule has 0 amide bonds. The van der Waals surface area contributed by atoms with E-state index in [-0.39, 0.29) is 6.54 Å². The lowest BCUT2D eigenvalue weighted by Gasteiger charge is -2.16. The van der Waals surface area contributed by atoms with E-state index in [9.17, 15) is 4.79 Å². The van der Waals surface area contributed by atoms with Gasteiger partial charge in [0.1, 0.15) is 6.54 Å². The molecular weight excluding hydrogens is 178 g/mol. The molecule has 1 aliphatic rings. The maximum absolute atomic E-state index is 10.6. The summed E-state index contributed by atoms with van der Waals surface area (Å²) >= 11 is 0. The van der Waals surface area contributed by atoms with E-state index >= 15 is 0 Å². The molecule has 1 atom stereocenters. The van der Waals surface area contributed by atoms with Crippen LogP contribution in [0.1, 0.15) is 18.4 Å². The fourth-order valence-corrected chi connectivity index (χ4v) is 2.03. The molecule has 1 aromatic rings. The molecule has 2 rings (SSSR count). The molecule has 1 unspecified atom stereocenters. The van der Waals surface area contributed by atoms with Crippen molar-refractivity contribution in [2.75, 3.05) is 18.0 Å². The first-order chi connectivity index (χ1) is 6.68. The minimum atomic E-state index is -0.770. The second kappa shape index (κ2) is 3.33. The van der Waals surface area contributed by atoms with Gasteiger partial charge >= 0.3 is 5.97 Å². The Hall–Kier alpha value is -1.51. The lowest BCUT2D eigenvalue weighted by Crippen LogP contribution is -2.28. The standard InChI is InChI=1S/C11H13NO2/c1-8-6-12(7-11(13)14)10-5-3-2-4-9(8)10/h2-5,8H,6-7H2,1H3,(H,13,14). The van der Waals surface area contributed by atoms with Gasteiger partial charge in [-0.25, -0.2) is 0 Å². The van der Waals surface area contributed by atoms with E-state index in [1.54, 1.807) is 0 Å². The van der Waals surface area contributed by atoms with E-state index in [0.717, 1.165) is 12.2 Å². The number of anilines is 1. The molecule has 0 spiro atoms. The molecule has 0 radical (unpaired) electrons. The number of carbonyl (C=O) groups is 1. The smallest absolute Gasteiger partial charge is 0.323 e. The number of benzene rings is 1. The number of carboxylic acid groups (broad SMARTS) is 1. The van der Waals surface area contributed by atoms with Crippen LogP contribution >= 0.6 is 0 Å². The van der Waals surface area contributed by atoms with Gasteiger partial charge in [-0.15, -0.1) is 0 Å². The van der Waals surface area contributed by atoms with Gasteiger partial charge in [-0.3, -0.25) is 4.79 Å². The number of hydrogen-bond acceptors (Lipinski definition) is 2. The van der Waals surface area contributed by atoms with Crippen molar-refractivity contribution in [3.8, 4) is 0 Å². The predicted molar refractivity (Wildman–Crippen MR) is 54.7 cm³/mol. The normalized spacial score (nSPS) is 19.5. The zero-order chi connectivity index (χ0) is 10.1. The molecule has 0 saturated carbocycles. The van der Waals surface area contributed by atoms with Crippen LogP contribution in [-0.4, -0.2) is 24.2 Å². The Morgan fingerprint density at radius 1 is 1.57 bits per heavy atom. The second-order valence-electron chi connectivity index (χ2n) is 3.73. The SMILES string of the molecule is CC1CN(CC(=O)O)c2ccccc21. The first kappa shape index (κ1) is 9.06. The van der Waals surface area contributed by atoms with Crippen molar-refractivity contribution in [3.63, 3.8) is 0 Å². The van der Waals surface area contributed by atoms with E-state index < -0.39 is 5.97 Å². The average Bonchev–Trinajstić information content (AvgIpc) is 2.44. The Labute approximate surface area is 83.0 Å². The summed E-state index contributed by atoms with van der Waals surface area (Å²) in [5.74, 6) is -0.334. The maximum Gasteiger partial charge on any atom is 0.323 e. The Kier molecular flexibility index (Phi) is 2.15. The van der Waals surface area contributed by atoms with Crippen LogP contribution in [0.15, 0.2) is 24.3 Å². The molecular formula is C11H13NO2. The summed E-state index contributed by atoms with van der Waals surface area (Å²) in [7, 11) is 0. The third kappa shape index (κ3) is 1.45. The second-order valence-corrected chi connectivity index (χ2v) is 3.73. The summed E-state index contributed by atoms with van der Waals surface area (Å²) in [5.41, 5.74) is 2.33. The number of aliphatic carboxylic acids is 1. The molecule has 14 heavy (non-hydrogen) atoms. The van der Waals surface area contributed by atoms with E-state index in [4.69, 9.17) is 5.11 Å². The highest BCUT2D eigenvalue weighted by atomic mass is 16.4. The Morgan fingerprint density at radius 3 is 3.00 bits per heavy atom. The molecule has 3 nitrogen and oxygen atoms in total. The summed E-state index contributed by atoms with van der Waals surface area (Å²) in [6, 6.07) is 8.01. The van der Waals surface area contributed by atoms with Crippen molar-refractivity contribution in [2.24, 2.45) is 0 Å². The van der Waals surface area contributed by atoms with E-state index in [1.165, 1.54) is 5.56 Å². The van der Waals surface area contributed by atoms with Crippen LogP contribution in [0.4, 0.5) is 5.69 Å². The fourth-order valence-electron chi connectivity index (χ4n) is 2.03. The van der Waals surface area contributed by atoms with Gasteiger partial charge in [0.15, 0.2) is 0 Å². The number of nitrogens with zero attached hydrogens (tertiary/aromatic N) is 1. The van der Waals surface area contributed by atoms with Gasteiger partial charge < -0.3 is 10.0 Å². The zero-order valence-electron chi connectivity index (χ0n) is 8.10. The van der Waals surface area contributed by atoms with Gasteiger partial charge in [-0.2, -0.15) is 0 Å². The molecule has 0 aliphatic carbocycles. The Bertz CT molecular complexity index is 362. The molecule has 1 aliphatic heterocycles. The number of rotatable bonds is 2. The van der Waals surface area contributed by atoms with Gasteiger partial charge in [-0.1, -0.05) is 25.1 Å². The Morgan fingerprint density at radius 2 is 2.29 bits per heavy atom. The average molecular weight is 191 g/mol. The number of para-hydroxylation sites is 1. The third-order valence-electron chi connectivity index (χ3n) is 2.63. The van der Waals surface area contributed by atoms with Crippen molar-refractivity contribution in [1.29, 1.82) is 0 Å². The summed E-state index contributed by atoms with van der Waals surface area (Å²) in [4.78, 5) is 12.5. The van der Waals surface area contributed by atoms with Crippen LogP contribution in [0.3, 0.4) is 0 Å². The highest BCUT2D eigenvalue weighted by molar-refractivity contribution is 5.75. The van der Waals surface area contributed by atoms with Crippen molar-refractivity contribution in [3.05, 3.63) is 29.8 Å². The maximum atomic E-state index is 10.6. The van der Waals surface area contributed by atoms with Crippen molar-refractivity contribution in [1.82, 2.24) is 0 Å². The monoisotopic (exact) mass is 191 g/mol. The summed E-state index contributed by atoms with van der Waals surface area (Å²) < 4.78 is 0. The van der Waals surface area contributed by atoms with Gasteiger partial charge in [-0.05, 0) is 11.6 Å². The highest BCUT2D eigenvalue weighted by Crippen LogP contribution is 2.35. The first-order valence-electron chi connectivity index (χ1n) is 4.74. The molecule has 0 fully saturated rings. The quantitative estimate of drug-likeness (QED) is 0.773. The molecule has 1 heterocycles. The summed E-state index contributed by atoms with van der Waals surface area (Å²) in [6.45, 7) is 3.04. The lowest BCUT2D eigenvalue weighted by atomic mass is 10.0. The minimum Gasteiger partial charge on any atom is -0.480 e. The zero-order valence-corrected chi connectivity index (χ0v) is 8.10. The minimum absolute atomic E-state index is 0.0986. The van der Waals surface area contributed by atoms with Crippen LogP contribution in [0, 0.1) is 0 Å².